The van der Waals surface area contributed by atoms with Crippen molar-refractivity contribution in [2.45, 2.75) is 19.5 Å². The summed E-state index contributed by atoms with van der Waals surface area (Å²) in [6.07, 6.45) is 2.44. The Hall–Kier alpha value is -1.66. The lowest BCUT2D eigenvalue weighted by Crippen LogP contribution is -2.01. The van der Waals surface area contributed by atoms with Crippen LogP contribution < -0.4 is 5.32 Å². The number of rotatable bonds is 6. The molecule has 0 saturated heterocycles. The van der Waals surface area contributed by atoms with Crippen molar-refractivity contribution in [1.82, 2.24) is 15.0 Å². The third-order valence-electron chi connectivity index (χ3n) is 2.52. The Morgan fingerprint density at radius 3 is 3.00 bits per heavy atom. The minimum absolute atomic E-state index is 0.0802. The number of hydrogen-bond acceptors (Lipinski definition) is 4. The molecule has 2 aromatic rings. The SMILES string of the molecule is OCCCn1cc(CNc2ccc(F)c(Cl)c2)nn1. The molecule has 0 radical (unpaired) electrons. The predicted molar refractivity (Wildman–Crippen MR) is 70.5 cm³/mol. The molecule has 0 aliphatic rings. The van der Waals surface area contributed by atoms with E-state index >= 15 is 0 Å². The van der Waals surface area contributed by atoms with E-state index in [9.17, 15) is 4.39 Å². The zero-order valence-corrected chi connectivity index (χ0v) is 10.9. The molecule has 0 saturated carbocycles. The van der Waals surface area contributed by atoms with Crippen molar-refractivity contribution in [2.24, 2.45) is 0 Å². The van der Waals surface area contributed by atoms with E-state index in [1.165, 1.54) is 12.1 Å². The van der Waals surface area contributed by atoms with Gasteiger partial charge in [-0.3, -0.25) is 4.68 Å². The Bertz CT molecular complexity index is 546. The highest BCUT2D eigenvalue weighted by atomic mass is 35.5. The number of aryl methyl sites for hydroxylation is 1. The summed E-state index contributed by atoms with van der Waals surface area (Å²) in [6, 6.07) is 4.44. The maximum atomic E-state index is 13.0. The molecule has 0 aliphatic carbocycles. The normalized spacial score (nSPS) is 10.7. The van der Waals surface area contributed by atoms with Gasteiger partial charge in [-0.15, -0.1) is 5.10 Å². The molecule has 1 heterocycles. The number of hydrogen-bond donors (Lipinski definition) is 2. The number of halogens is 2. The van der Waals surface area contributed by atoms with Gasteiger partial charge in [0.2, 0.25) is 0 Å². The molecule has 7 heteroatoms. The van der Waals surface area contributed by atoms with Crippen molar-refractivity contribution >= 4 is 17.3 Å². The van der Waals surface area contributed by atoms with E-state index in [1.54, 1.807) is 16.9 Å². The quantitative estimate of drug-likeness (QED) is 0.852. The smallest absolute Gasteiger partial charge is 0.141 e. The van der Waals surface area contributed by atoms with Gasteiger partial charge in [0, 0.05) is 18.8 Å². The fourth-order valence-corrected chi connectivity index (χ4v) is 1.74. The molecular formula is C12H14ClFN4O. The number of anilines is 1. The second-order valence-corrected chi connectivity index (χ2v) is 4.44. The third kappa shape index (κ3) is 3.90. The van der Waals surface area contributed by atoms with Crippen molar-refractivity contribution in [3.05, 3.63) is 40.9 Å². The van der Waals surface area contributed by atoms with Crippen LogP contribution in [0.15, 0.2) is 24.4 Å². The predicted octanol–water partition coefficient (Wildman–Crippen LogP) is 2.07. The first-order valence-electron chi connectivity index (χ1n) is 5.88. The Morgan fingerprint density at radius 1 is 1.42 bits per heavy atom. The summed E-state index contributed by atoms with van der Waals surface area (Å²) < 4.78 is 14.6. The Balaban J connectivity index is 1.91. The Kier molecular flexibility index (Phi) is 4.70. The van der Waals surface area contributed by atoms with Gasteiger partial charge < -0.3 is 10.4 Å². The maximum Gasteiger partial charge on any atom is 0.141 e. The number of aromatic nitrogens is 3. The number of nitrogens with one attached hydrogen (secondary N) is 1. The summed E-state index contributed by atoms with van der Waals surface area (Å²) in [7, 11) is 0. The molecule has 2 N–H and O–H groups in total. The highest BCUT2D eigenvalue weighted by molar-refractivity contribution is 6.31. The Morgan fingerprint density at radius 2 is 2.26 bits per heavy atom. The van der Waals surface area contributed by atoms with Crippen molar-refractivity contribution in [2.75, 3.05) is 11.9 Å². The van der Waals surface area contributed by atoms with Crippen LogP contribution in [-0.4, -0.2) is 26.7 Å². The minimum Gasteiger partial charge on any atom is -0.396 e. The van der Waals surface area contributed by atoms with Crippen LogP contribution in [0.25, 0.3) is 0 Å². The number of aliphatic hydroxyl groups is 1. The van der Waals surface area contributed by atoms with E-state index in [0.29, 0.717) is 19.5 Å². The van der Waals surface area contributed by atoms with Gasteiger partial charge in [-0.25, -0.2) is 4.39 Å². The zero-order chi connectivity index (χ0) is 13.7. The summed E-state index contributed by atoms with van der Waals surface area (Å²) in [5.74, 6) is -0.442. The van der Waals surface area contributed by atoms with Gasteiger partial charge >= 0.3 is 0 Å². The molecule has 5 nitrogen and oxygen atoms in total. The summed E-state index contributed by atoms with van der Waals surface area (Å²) in [5.41, 5.74) is 1.48. The highest BCUT2D eigenvalue weighted by Crippen LogP contribution is 2.19. The second kappa shape index (κ2) is 6.49. The van der Waals surface area contributed by atoms with Crippen LogP contribution >= 0.6 is 11.6 Å². The van der Waals surface area contributed by atoms with Crippen molar-refractivity contribution in [3.63, 3.8) is 0 Å². The first-order valence-corrected chi connectivity index (χ1v) is 6.25. The van der Waals surface area contributed by atoms with E-state index in [4.69, 9.17) is 16.7 Å². The largest absolute Gasteiger partial charge is 0.396 e. The first kappa shape index (κ1) is 13.8. The molecular weight excluding hydrogens is 271 g/mol. The van der Waals surface area contributed by atoms with E-state index in [0.717, 1.165) is 11.4 Å². The fraction of sp³-hybridized carbons (Fsp3) is 0.333. The molecule has 102 valence electrons. The molecule has 0 fully saturated rings. The molecule has 0 unspecified atom stereocenters. The lowest BCUT2D eigenvalue weighted by Gasteiger charge is -2.04. The lowest BCUT2D eigenvalue weighted by molar-refractivity contribution is 0.276. The van der Waals surface area contributed by atoms with Gasteiger partial charge in [-0.1, -0.05) is 16.8 Å². The number of aliphatic hydroxyl groups excluding tert-OH is 1. The van der Waals surface area contributed by atoms with Crippen LogP contribution in [0.5, 0.6) is 0 Å². The van der Waals surface area contributed by atoms with Gasteiger partial charge in [0.05, 0.1) is 17.8 Å². The second-order valence-electron chi connectivity index (χ2n) is 4.03. The lowest BCUT2D eigenvalue weighted by atomic mass is 10.3. The van der Waals surface area contributed by atoms with E-state index in [-0.39, 0.29) is 11.6 Å². The van der Waals surface area contributed by atoms with Gasteiger partial charge in [0.1, 0.15) is 11.5 Å². The molecule has 0 spiro atoms. The van der Waals surface area contributed by atoms with Crippen LogP contribution in [0.3, 0.4) is 0 Å². The number of nitrogens with zero attached hydrogens (tertiary/aromatic N) is 3. The first-order chi connectivity index (χ1) is 9.19. The standard InChI is InChI=1S/C12H14ClFN4O/c13-11-6-9(2-3-12(11)14)15-7-10-8-18(17-16-10)4-1-5-19/h2-3,6,8,15,19H,1,4-5,7H2. The van der Waals surface area contributed by atoms with Gasteiger partial charge in [-0.2, -0.15) is 0 Å². The molecule has 1 aromatic carbocycles. The summed E-state index contributed by atoms with van der Waals surface area (Å²) in [4.78, 5) is 0. The summed E-state index contributed by atoms with van der Waals surface area (Å²) in [5, 5.41) is 19.8. The maximum absolute atomic E-state index is 13.0. The number of benzene rings is 1. The van der Waals surface area contributed by atoms with E-state index in [2.05, 4.69) is 15.6 Å². The van der Waals surface area contributed by atoms with Gasteiger partial charge in [0.15, 0.2) is 0 Å². The third-order valence-corrected chi connectivity index (χ3v) is 2.81. The molecule has 0 bridgehead atoms. The van der Waals surface area contributed by atoms with Crippen molar-refractivity contribution < 1.29 is 9.50 Å². The van der Waals surface area contributed by atoms with Crippen molar-refractivity contribution in [3.8, 4) is 0 Å². The van der Waals surface area contributed by atoms with Crippen LogP contribution in [0.4, 0.5) is 10.1 Å². The van der Waals surface area contributed by atoms with Crippen LogP contribution in [0.1, 0.15) is 12.1 Å². The average Bonchev–Trinajstić information content (AvgIpc) is 2.86. The van der Waals surface area contributed by atoms with Gasteiger partial charge in [0.25, 0.3) is 0 Å². The Labute approximate surface area is 115 Å². The summed E-state index contributed by atoms with van der Waals surface area (Å²) >= 11 is 5.69. The fourth-order valence-electron chi connectivity index (χ4n) is 1.56. The zero-order valence-electron chi connectivity index (χ0n) is 10.2. The van der Waals surface area contributed by atoms with E-state index in [1.807, 2.05) is 0 Å². The average molecular weight is 285 g/mol. The molecule has 0 aliphatic heterocycles. The van der Waals surface area contributed by atoms with Gasteiger partial charge in [-0.05, 0) is 24.6 Å². The monoisotopic (exact) mass is 284 g/mol. The molecule has 0 atom stereocenters. The molecule has 2 rings (SSSR count). The van der Waals surface area contributed by atoms with E-state index < -0.39 is 5.82 Å². The summed E-state index contributed by atoms with van der Waals surface area (Å²) in [6.45, 7) is 1.23. The highest BCUT2D eigenvalue weighted by Gasteiger charge is 2.03. The molecule has 1 aromatic heterocycles. The topological polar surface area (TPSA) is 63.0 Å². The van der Waals surface area contributed by atoms with Crippen LogP contribution in [0.2, 0.25) is 5.02 Å². The van der Waals surface area contributed by atoms with Crippen molar-refractivity contribution in [1.29, 1.82) is 0 Å². The molecule has 0 amide bonds. The minimum atomic E-state index is -0.442. The van der Waals surface area contributed by atoms with Crippen LogP contribution in [-0.2, 0) is 13.1 Å². The molecule has 19 heavy (non-hydrogen) atoms. The van der Waals surface area contributed by atoms with Crippen LogP contribution in [0, 0.1) is 5.82 Å².